The van der Waals surface area contributed by atoms with Crippen molar-refractivity contribution >= 4 is 12.0 Å². The summed E-state index contributed by atoms with van der Waals surface area (Å²) in [5.41, 5.74) is -0.735. The van der Waals surface area contributed by atoms with Gasteiger partial charge in [0.2, 0.25) is 5.91 Å². The highest BCUT2D eigenvalue weighted by Crippen LogP contribution is 2.38. The van der Waals surface area contributed by atoms with E-state index in [1.807, 2.05) is 34.6 Å². The molecule has 0 saturated carbocycles. The number of hydrogen-bond donors (Lipinski definition) is 0. The minimum atomic E-state index is -0.539. The number of likely N-dealkylation sites (N-methyl/N-ethyl adjacent to an activating group) is 1. The number of likely N-dealkylation sites (tertiary alicyclic amines) is 1. The van der Waals surface area contributed by atoms with Gasteiger partial charge in [-0.25, -0.2) is 4.79 Å². The summed E-state index contributed by atoms with van der Waals surface area (Å²) in [7, 11) is 3.40. The van der Waals surface area contributed by atoms with Crippen molar-refractivity contribution in [1.82, 2.24) is 9.80 Å². The SMILES string of the molecule is CN(C)C(=O)[C@H]1N(C(=O)OC(C)(C)C)CC1(C)C. The average Bonchev–Trinajstić information content (AvgIpc) is 2.11. The Morgan fingerprint density at radius 2 is 1.78 bits per heavy atom. The molecular weight excluding hydrogens is 232 g/mol. The van der Waals surface area contributed by atoms with Crippen LogP contribution >= 0.6 is 0 Å². The van der Waals surface area contributed by atoms with Gasteiger partial charge in [-0.05, 0) is 20.8 Å². The molecule has 0 radical (unpaired) electrons. The second-order valence-electron chi connectivity index (χ2n) is 6.73. The lowest BCUT2D eigenvalue weighted by Crippen LogP contribution is -2.69. The van der Waals surface area contributed by atoms with Gasteiger partial charge in [0.1, 0.15) is 11.6 Å². The maximum atomic E-state index is 12.1. The first-order valence-corrected chi connectivity index (χ1v) is 6.16. The van der Waals surface area contributed by atoms with E-state index in [9.17, 15) is 9.59 Å². The van der Waals surface area contributed by atoms with Crippen LogP contribution in [0.15, 0.2) is 0 Å². The number of rotatable bonds is 1. The molecule has 1 fully saturated rings. The fraction of sp³-hybridized carbons (Fsp3) is 0.846. The summed E-state index contributed by atoms with van der Waals surface area (Å²) in [4.78, 5) is 27.1. The zero-order chi connectivity index (χ0) is 14.3. The fourth-order valence-corrected chi connectivity index (χ4v) is 2.13. The molecule has 0 aromatic heterocycles. The topological polar surface area (TPSA) is 49.9 Å². The summed E-state index contributed by atoms with van der Waals surface area (Å²) in [6.07, 6.45) is -0.415. The van der Waals surface area contributed by atoms with Gasteiger partial charge in [-0.3, -0.25) is 9.69 Å². The van der Waals surface area contributed by atoms with Gasteiger partial charge in [-0.2, -0.15) is 0 Å². The van der Waals surface area contributed by atoms with Crippen LogP contribution in [0.25, 0.3) is 0 Å². The van der Waals surface area contributed by atoms with Crippen molar-refractivity contribution in [3.05, 3.63) is 0 Å². The minimum absolute atomic E-state index is 0.0582. The maximum Gasteiger partial charge on any atom is 0.411 e. The predicted octanol–water partition coefficient (Wildman–Crippen LogP) is 1.72. The molecule has 1 aliphatic heterocycles. The van der Waals surface area contributed by atoms with E-state index < -0.39 is 17.7 Å². The van der Waals surface area contributed by atoms with Crippen LogP contribution in [0.2, 0.25) is 0 Å². The van der Waals surface area contributed by atoms with Gasteiger partial charge in [0.05, 0.1) is 0 Å². The van der Waals surface area contributed by atoms with Crippen LogP contribution in [0, 0.1) is 5.41 Å². The third-order valence-corrected chi connectivity index (χ3v) is 2.93. The zero-order valence-electron chi connectivity index (χ0n) is 12.4. The second kappa shape index (κ2) is 4.44. The molecule has 0 aliphatic carbocycles. The molecule has 1 atom stereocenters. The number of amides is 2. The van der Waals surface area contributed by atoms with Crippen molar-refractivity contribution in [1.29, 1.82) is 0 Å². The quantitative estimate of drug-likeness (QED) is 0.717. The van der Waals surface area contributed by atoms with E-state index in [4.69, 9.17) is 4.74 Å². The van der Waals surface area contributed by atoms with Crippen molar-refractivity contribution in [3.8, 4) is 0 Å². The fourth-order valence-electron chi connectivity index (χ4n) is 2.13. The smallest absolute Gasteiger partial charge is 0.411 e. The largest absolute Gasteiger partial charge is 0.444 e. The van der Waals surface area contributed by atoms with Crippen LogP contribution in [0.5, 0.6) is 0 Å². The van der Waals surface area contributed by atoms with Crippen LogP contribution < -0.4 is 0 Å². The van der Waals surface area contributed by atoms with Crippen LogP contribution in [0.3, 0.4) is 0 Å². The lowest BCUT2D eigenvalue weighted by Gasteiger charge is -2.53. The Kier molecular flexibility index (Phi) is 3.65. The van der Waals surface area contributed by atoms with Gasteiger partial charge in [0, 0.05) is 26.1 Å². The Morgan fingerprint density at radius 3 is 2.11 bits per heavy atom. The predicted molar refractivity (Wildman–Crippen MR) is 69.2 cm³/mol. The molecule has 1 saturated heterocycles. The summed E-state index contributed by atoms with van der Waals surface area (Å²) in [6.45, 7) is 9.97. The summed E-state index contributed by atoms with van der Waals surface area (Å²) < 4.78 is 5.31. The molecule has 0 spiro atoms. The van der Waals surface area contributed by atoms with Gasteiger partial charge in [0.15, 0.2) is 0 Å². The van der Waals surface area contributed by atoms with Crippen molar-refractivity contribution in [2.75, 3.05) is 20.6 Å². The average molecular weight is 256 g/mol. The first-order chi connectivity index (χ1) is 7.96. The van der Waals surface area contributed by atoms with Crippen molar-refractivity contribution in [2.24, 2.45) is 5.41 Å². The monoisotopic (exact) mass is 256 g/mol. The minimum Gasteiger partial charge on any atom is -0.444 e. The Hall–Kier alpha value is -1.26. The van der Waals surface area contributed by atoms with Crippen LogP contribution in [-0.2, 0) is 9.53 Å². The molecule has 1 aliphatic rings. The summed E-state index contributed by atoms with van der Waals surface area (Å²) in [5.74, 6) is -0.0582. The molecule has 1 rings (SSSR count). The van der Waals surface area contributed by atoms with E-state index in [0.29, 0.717) is 6.54 Å². The molecule has 0 aromatic rings. The lowest BCUT2D eigenvalue weighted by atomic mass is 9.74. The highest BCUT2D eigenvalue weighted by Gasteiger charge is 2.53. The number of hydrogen-bond acceptors (Lipinski definition) is 3. The number of carbonyl (C=O) groups excluding carboxylic acids is 2. The van der Waals surface area contributed by atoms with Crippen molar-refractivity contribution in [3.63, 3.8) is 0 Å². The molecular formula is C13H24N2O3. The van der Waals surface area contributed by atoms with Gasteiger partial charge >= 0.3 is 6.09 Å². The molecule has 5 nitrogen and oxygen atoms in total. The third-order valence-electron chi connectivity index (χ3n) is 2.93. The number of carbonyl (C=O) groups is 2. The van der Waals surface area contributed by atoms with E-state index >= 15 is 0 Å². The van der Waals surface area contributed by atoms with E-state index in [1.54, 1.807) is 14.1 Å². The van der Waals surface area contributed by atoms with Gasteiger partial charge < -0.3 is 9.64 Å². The summed E-state index contributed by atoms with van der Waals surface area (Å²) >= 11 is 0. The second-order valence-corrected chi connectivity index (χ2v) is 6.73. The highest BCUT2D eigenvalue weighted by molar-refractivity contribution is 5.88. The maximum absolute atomic E-state index is 12.1. The molecule has 104 valence electrons. The molecule has 2 amide bonds. The lowest BCUT2D eigenvalue weighted by molar-refractivity contribution is -0.150. The van der Waals surface area contributed by atoms with E-state index in [-0.39, 0.29) is 11.3 Å². The first-order valence-electron chi connectivity index (χ1n) is 6.16. The Labute approximate surface area is 109 Å². The van der Waals surface area contributed by atoms with Gasteiger partial charge in [0.25, 0.3) is 0 Å². The summed E-state index contributed by atoms with van der Waals surface area (Å²) in [6, 6.07) is -0.428. The molecule has 18 heavy (non-hydrogen) atoms. The van der Waals surface area contributed by atoms with Gasteiger partial charge in [-0.15, -0.1) is 0 Å². The Bertz CT molecular complexity index is 356. The van der Waals surface area contributed by atoms with Crippen LogP contribution in [-0.4, -0.2) is 54.1 Å². The highest BCUT2D eigenvalue weighted by atomic mass is 16.6. The Balaban J connectivity index is 2.80. The first kappa shape index (κ1) is 14.8. The van der Waals surface area contributed by atoms with Gasteiger partial charge in [-0.1, -0.05) is 13.8 Å². The third kappa shape index (κ3) is 2.94. The van der Waals surface area contributed by atoms with Crippen molar-refractivity contribution in [2.45, 2.75) is 46.3 Å². The van der Waals surface area contributed by atoms with E-state index in [1.165, 1.54) is 9.80 Å². The van der Waals surface area contributed by atoms with Crippen LogP contribution in [0.1, 0.15) is 34.6 Å². The summed E-state index contributed by atoms with van der Waals surface area (Å²) in [5, 5.41) is 0. The van der Waals surface area contributed by atoms with E-state index in [0.717, 1.165) is 0 Å². The molecule has 0 unspecified atom stereocenters. The Morgan fingerprint density at radius 1 is 1.28 bits per heavy atom. The van der Waals surface area contributed by atoms with Crippen molar-refractivity contribution < 1.29 is 14.3 Å². The zero-order valence-corrected chi connectivity index (χ0v) is 12.4. The number of nitrogens with zero attached hydrogens (tertiary/aromatic N) is 2. The van der Waals surface area contributed by atoms with E-state index in [2.05, 4.69) is 0 Å². The molecule has 0 bridgehead atoms. The normalized spacial score (nSPS) is 22.2. The molecule has 0 N–H and O–H groups in total. The van der Waals surface area contributed by atoms with Crippen LogP contribution in [0.4, 0.5) is 4.79 Å². The molecule has 0 aromatic carbocycles. The number of ether oxygens (including phenoxy) is 1. The molecule has 5 heteroatoms. The standard InChI is InChI=1S/C13H24N2O3/c1-12(2,3)18-11(17)15-8-13(4,5)9(15)10(16)14(6)7/h9H,8H2,1-7H3/t9-/m1/s1. The molecule has 1 heterocycles.